The Morgan fingerprint density at radius 1 is 1.13 bits per heavy atom. The molecule has 0 radical (unpaired) electrons. The van der Waals surface area contributed by atoms with Gasteiger partial charge in [-0.25, -0.2) is 4.63 Å². The Balaban J connectivity index is 1.33. The standard InChI is InChI=1S/C15H19N5O3/c1-9-12(18-23-17-9)8-13(21)20-6-4-11(5-7-20)15-16-14(19-22-15)10-2-3-10/h10-11H,2-8H2,1H3. The Labute approximate surface area is 133 Å². The first-order valence-corrected chi connectivity index (χ1v) is 8.10. The van der Waals surface area contributed by atoms with Gasteiger partial charge in [0.15, 0.2) is 5.82 Å². The van der Waals surface area contributed by atoms with Crippen LogP contribution in [0.3, 0.4) is 0 Å². The molecule has 0 aromatic carbocycles. The quantitative estimate of drug-likeness (QED) is 0.844. The number of piperidine rings is 1. The molecule has 8 heteroatoms. The summed E-state index contributed by atoms with van der Waals surface area (Å²) in [4.78, 5) is 18.7. The van der Waals surface area contributed by atoms with Crippen LogP contribution in [0.15, 0.2) is 9.15 Å². The Bertz CT molecular complexity index is 698. The van der Waals surface area contributed by atoms with Crippen LogP contribution in [0, 0.1) is 6.92 Å². The number of likely N-dealkylation sites (tertiary alicyclic amines) is 1. The predicted molar refractivity (Wildman–Crippen MR) is 77.6 cm³/mol. The van der Waals surface area contributed by atoms with E-state index >= 15 is 0 Å². The van der Waals surface area contributed by atoms with Crippen LogP contribution in [0.25, 0.3) is 0 Å². The molecule has 4 rings (SSSR count). The molecule has 0 unspecified atom stereocenters. The third kappa shape index (κ3) is 2.97. The van der Waals surface area contributed by atoms with Crippen molar-refractivity contribution in [3.05, 3.63) is 23.1 Å². The number of aromatic nitrogens is 4. The zero-order valence-corrected chi connectivity index (χ0v) is 13.1. The molecule has 2 aromatic heterocycles. The fourth-order valence-electron chi connectivity index (χ4n) is 2.96. The molecule has 2 aliphatic rings. The van der Waals surface area contributed by atoms with E-state index in [2.05, 4.69) is 25.1 Å². The lowest BCUT2D eigenvalue weighted by Crippen LogP contribution is -2.39. The van der Waals surface area contributed by atoms with Crippen molar-refractivity contribution in [3.63, 3.8) is 0 Å². The second-order valence-corrected chi connectivity index (χ2v) is 6.39. The topological polar surface area (TPSA) is 98.2 Å². The van der Waals surface area contributed by atoms with Gasteiger partial charge >= 0.3 is 0 Å². The minimum atomic E-state index is 0.0615. The predicted octanol–water partition coefficient (Wildman–Crippen LogP) is 1.59. The van der Waals surface area contributed by atoms with Crippen LogP contribution in [-0.4, -0.2) is 44.4 Å². The molecule has 0 N–H and O–H groups in total. The molecule has 1 amide bonds. The monoisotopic (exact) mass is 317 g/mol. The molecule has 0 atom stereocenters. The third-order valence-corrected chi connectivity index (χ3v) is 4.66. The van der Waals surface area contributed by atoms with E-state index in [1.165, 1.54) is 12.8 Å². The number of rotatable bonds is 4. The van der Waals surface area contributed by atoms with Gasteiger partial charge in [0.1, 0.15) is 11.4 Å². The third-order valence-electron chi connectivity index (χ3n) is 4.66. The van der Waals surface area contributed by atoms with Crippen LogP contribution in [0.5, 0.6) is 0 Å². The van der Waals surface area contributed by atoms with Gasteiger partial charge in [0.05, 0.1) is 6.42 Å². The minimum Gasteiger partial charge on any atom is -0.342 e. The van der Waals surface area contributed by atoms with Crippen molar-refractivity contribution in [3.8, 4) is 0 Å². The van der Waals surface area contributed by atoms with Crippen molar-refractivity contribution >= 4 is 5.91 Å². The van der Waals surface area contributed by atoms with E-state index in [0.29, 0.717) is 30.4 Å². The van der Waals surface area contributed by atoms with Crippen LogP contribution < -0.4 is 0 Å². The van der Waals surface area contributed by atoms with Gasteiger partial charge in [0, 0.05) is 24.9 Å². The molecule has 2 fully saturated rings. The summed E-state index contributed by atoms with van der Waals surface area (Å²) in [6.07, 6.45) is 4.29. The Kier molecular flexibility index (Phi) is 3.59. The summed E-state index contributed by atoms with van der Waals surface area (Å²) in [5.74, 6) is 2.41. The number of aryl methyl sites for hydroxylation is 1. The molecule has 8 nitrogen and oxygen atoms in total. The Morgan fingerprint density at radius 2 is 1.91 bits per heavy atom. The van der Waals surface area contributed by atoms with Gasteiger partial charge in [-0.05, 0) is 32.6 Å². The number of carbonyl (C=O) groups excluding carboxylic acids is 1. The van der Waals surface area contributed by atoms with E-state index in [4.69, 9.17) is 4.52 Å². The second-order valence-electron chi connectivity index (χ2n) is 6.39. The summed E-state index contributed by atoms with van der Waals surface area (Å²) in [6, 6.07) is 0. The van der Waals surface area contributed by atoms with Crippen molar-refractivity contribution in [2.45, 2.75) is 50.9 Å². The number of hydrogen-bond acceptors (Lipinski definition) is 7. The van der Waals surface area contributed by atoms with Gasteiger partial charge in [0.25, 0.3) is 0 Å². The van der Waals surface area contributed by atoms with Gasteiger partial charge in [0.2, 0.25) is 11.8 Å². The van der Waals surface area contributed by atoms with Crippen molar-refractivity contribution in [1.82, 2.24) is 25.4 Å². The van der Waals surface area contributed by atoms with E-state index in [1.807, 2.05) is 4.90 Å². The molecule has 122 valence electrons. The second kappa shape index (κ2) is 5.75. The smallest absolute Gasteiger partial charge is 0.229 e. The van der Waals surface area contributed by atoms with Gasteiger partial charge < -0.3 is 9.42 Å². The number of hydrogen-bond donors (Lipinski definition) is 0. The summed E-state index contributed by atoms with van der Waals surface area (Å²) in [5.41, 5.74) is 1.29. The molecule has 1 saturated heterocycles. The van der Waals surface area contributed by atoms with E-state index in [0.717, 1.165) is 24.6 Å². The Morgan fingerprint density at radius 3 is 2.57 bits per heavy atom. The molecule has 3 heterocycles. The fourth-order valence-corrected chi connectivity index (χ4v) is 2.96. The van der Waals surface area contributed by atoms with E-state index in [1.54, 1.807) is 6.92 Å². The van der Waals surface area contributed by atoms with Crippen molar-refractivity contribution in [1.29, 1.82) is 0 Å². The molecular formula is C15H19N5O3. The van der Waals surface area contributed by atoms with Crippen LogP contribution in [0.2, 0.25) is 0 Å². The van der Waals surface area contributed by atoms with Gasteiger partial charge in [-0.1, -0.05) is 15.5 Å². The number of nitrogens with zero attached hydrogens (tertiary/aromatic N) is 5. The fraction of sp³-hybridized carbons (Fsp3) is 0.667. The highest BCUT2D eigenvalue weighted by molar-refractivity contribution is 5.78. The summed E-state index contributed by atoms with van der Waals surface area (Å²) < 4.78 is 10.0. The van der Waals surface area contributed by atoms with Gasteiger partial charge in [-0.2, -0.15) is 4.98 Å². The molecule has 1 saturated carbocycles. The highest BCUT2D eigenvalue weighted by atomic mass is 16.6. The van der Waals surface area contributed by atoms with Gasteiger partial charge in [-0.15, -0.1) is 0 Å². The summed E-state index contributed by atoms with van der Waals surface area (Å²) in [6.45, 7) is 3.20. The summed E-state index contributed by atoms with van der Waals surface area (Å²) in [5, 5.41) is 11.5. The largest absolute Gasteiger partial charge is 0.342 e. The van der Waals surface area contributed by atoms with Crippen LogP contribution in [0.4, 0.5) is 0 Å². The molecular weight excluding hydrogens is 298 g/mol. The molecule has 2 aromatic rings. The molecule has 1 aliphatic heterocycles. The van der Waals surface area contributed by atoms with Crippen molar-refractivity contribution in [2.24, 2.45) is 0 Å². The molecule has 0 spiro atoms. The normalized spacial score (nSPS) is 19.3. The van der Waals surface area contributed by atoms with E-state index < -0.39 is 0 Å². The van der Waals surface area contributed by atoms with Crippen LogP contribution >= 0.6 is 0 Å². The lowest BCUT2D eigenvalue weighted by molar-refractivity contribution is -0.131. The van der Waals surface area contributed by atoms with Gasteiger partial charge in [-0.3, -0.25) is 4.79 Å². The zero-order chi connectivity index (χ0) is 15.8. The van der Waals surface area contributed by atoms with Crippen molar-refractivity contribution < 1.29 is 13.9 Å². The number of carbonyl (C=O) groups is 1. The first kappa shape index (κ1) is 14.3. The first-order valence-electron chi connectivity index (χ1n) is 8.10. The van der Waals surface area contributed by atoms with Crippen molar-refractivity contribution in [2.75, 3.05) is 13.1 Å². The highest BCUT2D eigenvalue weighted by Crippen LogP contribution is 2.39. The van der Waals surface area contributed by atoms with E-state index in [9.17, 15) is 4.79 Å². The van der Waals surface area contributed by atoms with Crippen LogP contribution in [0.1, 0.15) is 60.6 Å². The minimum absolute atomic E-state index is 0.0615. The zero-order valence-electron chi connectivity index (χ0n) is 13.1. The SMILES string of the molecule is Cc1nonc1CC(=O)N1CCC(c2nc(C3CC3)no2)CC1. The summed E-state index contributed by atoms with van der Waals surface area (Å²) in [7, 11) is 0. The molecule has 23 heavy (non-hydrogen) atoms. The lowest BCUT2D eigenvalue weighted by atomic mass is 9.96. The number of amides is 1. The molecule has 1 aliphatic carbocycles. The maximum atomic E-state index is 12.3. The molecule has 0 bridgehead atoms. The maximum Gasteiger partial charge on any atom is 0.229 e. The lowest BCUT2D eigenvalue weighted by Gasteiger charge is -2.30. The maximum absolute atomic E-state index is 12.3. The van der Waals surface area contributed by atoms with E-state index in [-0.39, 0.29) is 18.2 Å². The highest BCUT2D eigenvalue weighted by Gasteiger charge is 2.32. The average molecular weight is 317 g/mol. The average Bonchev–Trinajstić information content (AvgIpc) is 3.17. The van der Waals surface area contributed by atoms with Crippen LogP contribution in [-0.2, 0) is 11.2 Å². The Hall–Kier alpha value is -2.25. The summed E-state index contributed by atoms with van der Waals surface area (Å²) >= 11 is 0. The first-order chi connectivity index (χ1) is 11.2.